The Morgan fingerprint density at radius 2 is 2.00 bits per heavy atom. The fourth-order valence-corrected chi connectivity index (χ4v) is 1.66. The van der Waals surface area contributed by atoms with Crippen molar-refractivity contribution in [1.82, 2.24) is 4.98 Å². The number of hydrogen-bond acceptors (Lipinski definition) is 3. The van der Waals surface area contributed by atoms with E-state index in [0.29, 0.717) is 28.2 Å². The third kappa shape index (κ3) is 3.09. The van der Waals surface area contributed by atoms with E-state index < -0.39 is 0 Å². The van der Waals surface area contributed by atoms with E-state index in [-0.39, 0.29) is 0 Å². The van der Waals surface area contributed by atoms with Gasteiger partial charge in [-0.2, -0.15) is 0 Å². The Kier molecular flexibility index (Phi) is 3.84. The quantitative estimate of drug-likeness (QED) is 0.925. The molecule has 0 saturated heterocycles. The highest BCUT2D eigenvalue weighted by atomic mass is 35.5. The van der Waals surface area contributed by atoms with Gasteiger partial charge in [0.2, 0.25) is 5.88 Å². The maximum atomic E-state index is 6.02. The fourth-order valence-electron chi connectivity index (χ4n) is 1.30. The Bertz CT molecular complexity index is 514. The summed E-state index contributed by atoms with van der Waals surface area (Å²) >= 11 is 11.7. The number of ether oxygens (including phenoxy) is 1. The normalized spacial score (nSPS) is 10.3. The maximum Gasteiger partial charge on any atom is 0.219 e. The second kappa shape index (κ2) is 5.36. The number of nitrogens with two attached hydrogens (primary N) is 1. The summed E-state index contributed by atoms with van der Waals surface area (Å²) in [5.74, 6) is 1.08. The van der Waals surface area contributed by atoms with Crippen LogP contribution in [0.4, 0.5) is 0 Å². The number of hydrogen-bond donors (Lipinski definition) is 1. The molecule has 0 fully saturated rings. The van der Waals surface area contributed by atoms with Crippen LogP contribution >= 0.6 is 23.2 Å². The smallest absolute Gasteiger partial charge is 0.219 e. The Balaban J connectivity index is 2.19. The zero-order chi connectivity index (χ0) is 12.3. The minimum Gasteiger partial charge on any atom is -0.439 e. The molecule has 88 valence electrons. The molecule has 0 radical (unpaired) electrons. The van der Waals surface area contributed by atoms with E-state index in [4.69, 9.17) is 33.7 Å². The molecule has 1 heterocycles. The van der Waals surface area contributed by atoms with E-state index in [1.54, 1.807) is 24.3 Å². The van der Waals surface area contributed by atoms with Gasteiger partial charge < -0.3 is 10.5 Å². The summed E-state index contributed by atoms with van der Waals surface area (Å²) in [5, 5.41) is 1.15. The molecule has 2 N–H and O–H groups in total. The lowest BCUT2D eigenvalue weighted by Gasteiger charge is -2.07. The summed E-state index contributed by atoms with van der Waals surface area (Å²) in [7, 11) is 0. The largest absolute Gasteiger partial charge is 0.439 e. The number of halogens is 2. The van der Waals surface area contributed by atoms with Gasteiger partial charge in [0.15, 0.2) is 0 Å². The molecule has 0 bridgehead atoms. The molecule has 0 amide bonds. The average Bonchev–Trinajstić information content (AvgIpc) is 2.32. The molecule has 0 aliphatic carbocycles. The molecule has 1 aromatic heterocycles. The van der Waals surface area contributed by atoms with E-state index in [0.717, 1.165) is 5.56 Å². The summed E-state index contributed by atoms with van der Waals surface area (Å²) in [5.41, 5.74) is 6.40. The van der Waals surface area contributed by atoms with E-state index in [9.17, 15) is 0 Å². The highest BCUT2D eigenvalue weighted by Crippen LogP contribution is 2.26. The average molecular weight is 269 g/mol. The van der Waals surface area contributed by atoms with Crippen molar-refractivity contribution in [2.75, 3.05) is 0 Å². The highest BCUT2D eigenvalue weighted by Gasteiger charge is 2.03. The molecule has 0 atom stereocenters. The van der Waals surface area contributed by atoms with Gasteiger partial charge >= 0.3 is 0 Å². The third-order valence-electron chi connectivity index (χ3n) is 2.17. The summed E-state index contributed by atoms with van der Waals surface area (Å²) < 4.78 is 5.52. The lowest BCUT2D eigenvalue weighted by Crippen LogP contribution is -1.97. The van der Waals surface area contributed by atoms with Gasteiger partial charge in [-0.25, -0.2) is 4.98 Å². The van der Waals surface area contributed by atoms with Gasteiger partial charge in [-0.1, -0.05) is 29.3 Å². The minimum atomic E-state index is 0.401. The molecule has 0 unspecified atom stereocenters. The van der Waals surface area contributed by atoms with Crippen molar-refractivity contribution >= 4 is 23.2 Å². The van der Waals surface area contributed by atoms with E-state index in [2.05, 4.69) is 4.98 Å². The lowest BCUT2D eigenvalue weighted by molar-refractivity contribution is 0.463. The summed E-state index contributed by atoms with van der Waals surface area (Å²) in [6, 6.07) is 8.73. The van der Waals surface area contributed by atoms with Gasteiger partial charge in [-0.15, -0.1) is 0 Å². The van der Waals surface area contributed by atoms with Gasteiger partial charge in [0, 0.05) is 23.8 Å². The maximum absolute atomic E-state index is 6.02. The minimum absolute atomic E-state index is 0.401. The molecule has 0 saturated carbocycles. The molecule has 2 aromatic rings. The second-order valence-corrected chi connectivity index (χ2v) is 4.22. The summed E-state index contributed by atoms with van der Waals surface area (Å²) in [6.07, 6.45) is 1.52. The summed E-state index contributed by atoms with van der Waals surface area (Å²) in [4.78, 5) is 4.02. The van der Waals surface area contributed by atoms with Crippen LogP contribution < -0.4 is 10.5 Å². The van der Waals surface area contributed by atoms with Gasteiger partial charge in [-0.05, 0) is 23.8 Å². The van der Waals surface area contributed by atoms with Crippen molar-refractivity contribution in [3.8, 4) is 11.6 Å². The summed E-state index contributed by atoms with van der Waals surface area (Å²) in [6.45, 7) is 0.401. The molecule has 0 aliphatic heterocycles. The zero-order valence-corrected chi connectivity index (χ0v) is 10.4. The van der Waals surface area contributed by atoms with Gasteiger partial charge in [-0.3, -0.25) is 0 Å². The molecule has 1 aromatic carbocycles. The lowest BCUT2D eigenvalue weighted by atomic mass is 10.2. The number of pyridine rings is 1. The van der Waals surface area contributed by atoms with E-state index in [1.165, 1.54) is 6.20 Å². The molecule has 3 nitrogen and oxygen atoms in total. The Labute approximate surface area is 109 Å². The van der Waals surface area contributed by atoms with Crippen molar-refractivity contribution in [3.63, 3.8) is 0 Å². The SMILES string of the molecule is NCc1ccc(Oc2ccc(Cl)cn2)cc1Cl. The van der Waals surface area contributed by atoms with Gasteiger partial charge in [0.05, 0.1) is 5.02 Å². The first-order valence-electron chi connectivity index (χ1n) is 4.97. The van der Waals surface area contributed by atoms with Crippen LogP contribution in [0.15, 0.2) is 36.5 Å². The van der Waals surface area contributed by atoms with Crippen molar-refractivity contribution in [1.29, 1.82) is 0 Å². The molecule has 5 heteroatoms. The molecular weight excluding hydrogens is 259 g/mol. The van der Waals surface area contributed by atoms with Crippen LogP contribution in [0.3, 0.4) is 0 Å². The molecule has 2 rings (SSSR count). The second-order valence-electron chi connectivity index (χ2n) is 3.37. The van der Waals surface area contributed by atoms with Crippen molar-refractivity contribution in [2.24, 2.45) is 5.73 Å². The highest BCUT2D eigenvalue weighted by molar-refractivity contribution is 6.31. The fraction of sp³-hybridized carbons (Fsp3) is 0.0833. The first-order valence-corrected chi connectivity index (χ1v) is 5.72. The predicted molar refractivity (Wildman–Crippen MR) is 68.7 cm³/mol. The molecule has 0 spiro atoms. The van der Waals surface area contributed by atoms with Crippen LogP contribution in [0.5, 0.6) is 11.6 Å². The monoisotopic (exact) mass is 268 g/mol. The van der Waals surface area contributed by atoms with Crippen LogP contribution in [0, 0.1) is 0 Å². The van der Waals surface area contributed by atoms with Crippen LogP contribution in [-0.2, 0) is 6.54 Å². The van der Waals surface area contributed by atoms with E-state index in [1.807, 2.05) is 6.07 Å². The van der Waals surface area contributed by atoms with Gasteiger partial charge in [0.1, 0.15) is 5.75 Å². The van der Waals surface area contributed by atoms with Gasteiger partial charge in [0.25, 0.3) is 0 Å². The van der Waals surface area contributed by atoms with Crippen molar-refractivity contribution in [3.05, 3.63) is 52.1 Å². The number of rotatable bonds is 3. The van der Waals surface area contributed by atoms with Crippen molar-refractivity contribution in [2.45, 2.75) is 6.54 Å². The van der Waals surface area contributed by atoms with Crippen molar-refractivity contribution < 1.29 is 4.74 Å². The molecular formula is C12H10Cl2N2O. The predicted octanol–water partition coefficient (Wildman–Crippen LogP) is 3.64. The molecule has 0 aliphatic rings. The number of nitrogens with zero attached hydrogens (tertiary/aromatic N) is 1. The Morgan fingerprint density at radius 3 is 2.59 bits per heavy atom. The third-order valence-corrected chi connectivity index (χ3v) is 2.74. The standard InChI is InChI=1S/C12H10Cl2N2O/c13-9-2-4-12(16-7-9)17-10-3-1-8(6-15)11(14)5-10/h1-5,7H,6,15H2. The number of benzene rings is 1. The van der Waals surface area contributed by atoms with Crippen LogP contribution in [0.1, 0.15) is 5.56 Å². The Hall–Kier alpha value is -1.29. The first-order chi connectivity index (χ1) is 8.19. The van der Waals surface area contributed by atoms with Crippen LogP contribution in [0.2, 0.25) is 10.0 Å². The first kappa shape index (κ1) is 12.2. The van der Waals surface area contributed by atoms with Crippen LogP contribution in [-0.4, -0.2) is 4.98 Å². The molecule has 17 heavy (non-hydrogen) atoms. The Morgan fingerprint density at radius 1 is 1.18 bits per heavy atom. The number of aromatic nitrogens is 1. The topological polar surface area (TPSA) is 48.1 Å². The zero-order valence-electron chi connectivity index (χ0n) is 8.86. The van der Waals surface area contributed by atoms with Crippen LogP contribution in [0.25, 0.3) is 0 Å². The van der Waals surface area contributed by atoms with E-state index >= 15 is 0 Å².